The van der Waals surface area contributed by atoms with Crippen LogP contribution < -0.4 is 20.5 Å². The van der Waals surface area contributed by atoms with Crippen LogP contribution >= 0.6 is 24.0 Å². The van der Waals surface area contributed by atoms with Crippen LogP contribution in [0.25, 0.3) is 11.1 Å². The van der Waals surface area contributed by atoms with Gasteiger partial charge in [-0.3, -0.25) is 0 Å². The van der Waals surface area contributed by atoms with Crippen molar-refractivity contribution >= 4 is 35.6 Å². The SMILES string of the molecule is COc1ccc(OC)c(NC(N)=NCc2ccc(-c3ccccc3C#N)cc2)c1.I. The monoisotopic (exact) mass is 514 g/mol. The van der Waals surface area contributed by atoms with Crippen LogP contribution in [0.15, 0.2) is 71.7 Å². The quantitative estimate of drug-likeness (QED) is 0.281. The fourth-order valence-electron chi connectivity index (χ4n) is 2.89. The van der Waals surface area contributed by atoms with Crippen molar-refractivity contribution in [2.45, 2.75) is 6.54 Å². The second-order valence-electron chi connectivity index (χ2n) is 6.25. The third kappa shape index (κ3) is 5.64. The number of nitrogens with two attached hydrogens (primary N) is 1. The van der Waals surface area contributed by atoms with E-state index in [1.807, 2.05) is 54.6 Å². The van der Waals surface area contributed by atoms with Gasteiger partial charge in [0.1, 0.15) is 11.5 Å². The fourth-order valence-corrected chi connectivity index (χ4v) is 2.89. The first-order valence-electron chi connectivity index (χ1n) is 9.02. The Morgan fingerprint density at radius 3 is 2.43 bits per heavy atom. The lowest BCUT2D eigenvalue weighted by molar-refractivity contribution is 0.405. The van der Waals surface area contributed by atoms with E-state index >= 15 is 0 Å². The van der Waals surface area contributed by atoms with E-state index in [-0.39, 0.29) is 29.9 Å². The summed E-state index contributed by atoms with van der Waals surface area (Å²) in [5.41, 5.74) is 10.3. The average Bonchev–Trinajstić information content (AvgIpc) is 2.78. The first kappa shape index (κ1) is 23.0. The Labute approximate surface area is 193 Å². The van der Waals surface area contributed by atoms with E-state index in [1.54, 1.807) is 26.4 Å². The number of nitrogens with one attached hydrogen (secondary N) is 1. The minimum absolute atomic E-state index is 0. The molecule has 0 atom stereocenters. The van der Waals surface area contributed by atoms with E-state index in [0.29, 0.717) is 29.3 Å². The highest BCUT2D eigenvalue weighted by atomic mass is 127. The molecule has 0 aliphatic heterocycles. The van der Waals surface area contributed by atoms with Crippen LogP contribution in [0.2, 0.25) is 0 Å². The maximum Gasteiger partial charge on any atom is 0.193 e. The highest BCUT2D eigenvalue weighted by Gasteiger charge is 2.07. The number of guanidine groups is 1. The zero-order valence-electron chi connectivity index (χ0n) is 16.8. The minimum atomic E-state index is 0. The summed E-state index contributed by atoms with van der Waals surface area (Å²) in [7, 11) is 3.19. The molecule has 154 valence electrons. The summed E-state index contributed by atoms with van der Waals surface area (Å²) >= 11 is 0. The molecule has 0 bridgehead atoms. The van der Waals surface area contributed by atoms with Gasteiger partial charge in [-0.2, -0.15) is 5.26 Å². The van der Waals surface area contributed by atoms with Gasteiger partial charge >= 0.3 is 0 Å². The molecule has 0 unspecified atom stereocenters. The lowest BCUT2D eigenvalue weighted by Gasteiger charge is -2.12. The molecule has 6 nitrogen and oxygen atoms in total. The first-order chi connectivity index (χ1) is 14.1. The summed E-state index contributed by atoms with van der Waals surface area (Å²) in [5.74, 6) is 1.61. The summed E-state index contributed by atoms with van der Waals surface area (Å²) in [4.78, 5) is 4.39. The van der Waals surface area contributed by atoms with Crippen molar-refractivity contribution in [1.29, 1.82) is 5.26 Å². The minimum Gasteiger partial charge on any atom is -0.497 e. The van der Waals surface area contributed by atoms with Crippen molar-refractivity contribution < 1.29 is 9.47 Å². The molecular weight excluding hydrogens is 491 g/mol. The van der Waals surface area contributed by atoms with E-state index < -0.39 is 0 Å². The Kier molecular flexibility index (Phi) is 8.50. The van der Waals surface area contributed by atoms with Gasteiger partial charge in [-0.25, -0.2) is 4.99 Å². The lowest BCUT2D eigenvalue weighted by Crippen LogP contribution is -2.23. The van der Waals surface area contributed by atoms with Crippen LogP contribution in [0.3, 0.4) is 0 Å². The summed E-state index contributed by atoms with van der Waals surface area (Å²) in [6.45, 7) is 0.422. The predicted molar refractivity (Wildman–Crippen MR) is 131 cm³/mol. The van der Waals surface area contributed by atoms with Gasteiger partial charge < -0.3 is 20.5 Å². The van der Waals surface area contributed by atoms with Crippen molar-refractivity contribution in [1.82, 2.24) is 0 Å². The molecule has 0 aliphatic rings. The number of nitriles is 1. The molecule has 0 saturated heterocycles. The van der Waals surface area contributed by atoms with Gasteiger partial charge in [0.25, 0.3) is 0 Å². The Balaban J connectivity index is 0.00000320. The van der Waals surface area contributed by atoms with Gasteiger partial charge in [-0.15, -0.1) is 24.0 Å². The maximum atomic E-state index is 9.27. The van der Waals surface area contributed by atoms with Crippen LogP contribution in [0, 0.1) is 11.3 Å². The Morgan fingerprint density at radius 1 is 1.03 bits per heavy atom. The largest absolute Gasteiger partial charge is 0.497 e. The van der Waals surface area contributed by atoms with Crippen LogP contribution in [-0.2, 0) is 6.54 Å². The molecule has 0 aliphatic carbocycles. The van der Waals surface area contributed by atoms with Crippen molar-refractivity contribution in [3.63, 3.8) is 0 Å². The third-order valence-corrected chi connectivity index (χ3v) is 4.41. The number of hydrogen-bond acceptors (Lipinski definition) is 4. The molecule has 0 spiro atoms. The summed E-state index contributed by atoms with van der Waals surface area (Å²) < 4.78 is 10.6. The summed E-state index contributed by atoms with van der Waals surface area (Å²) in [6, 6.07) is 23.1. The molecule has 30 heavy (non-hydrogen) atoms. The highest BCUT2D eigenvalue weighted by Crippen LogP contribution is 2.28. The van der Waals surface area contributed by atoms with Crippen LogP contribution in [-0.4, -0.2) is 20.2 Å². The number of aliphatic imine (C=N–C) groups is 1. The Morgan fingerprint density at radius 2 is 1.77 bits per heavy atom. The van der Waals surface area contributed by atoms with Crippen molar-refractivity contribution in [2.75, 3.05) is 19.5 Å². The predicted octanol–water partition coefficient (Wildman–Crippen LogP) is 4.79. The highest BCUT2D eigenvalue weighted by molar-refractivity contribution is 14.0. The molecule has 0 aromatic heterocycles. The number of nitrogens with zero attached hydrogens (tertiary/aromatic N) is 2. The number of rotatable bonds is 6. The van der Waals surface area contributed by atoms with E-state index in [0.717, 1.165) is 16.7 Å². The van der Waals surface area contributed by atoms with E-state index in [2.05, 4.69) is 16.4 Å². The second-order valence-corrected chi connectivity index (χ2v) is 6.25. The lowest BCUT2D eigenvalue weighted by atomic mass is 9.99. The summed E-state index contributed by atoms with van der Waals surface area (Å²) in [5, 5.41) is 12.3. The Bertz CT molecular complexity index is 1060. The molecule has 0 saturated carbocycles. The first-order valence-corrected chi connectivity index (χ1v) is 9.02. The molecular formula is C23H23IN4O2. The van der Waals surface area contributed by atoms with Crippen LogP contribution in [0.1, 0.15) is 11.1 Å². The Hall–Kier alpha value is -3.25. The van der Waals surface area contributed by atoms with Crippen molar-refractivity contribution in [2.24, 2.45) is 10.7 Å². The van der Waals surface area contributed by atoms with Gasteiger partial charge in [0.05, 0.1) is 38.1 Å². The van der Waals surface area contributed by atoms with Gasteiger partial charge in [-0.1, -0.05) is 42.5 Å². The average molecular weight is 514 g/mol. The van der Waals surface area contributed by atoms with Crippen LogP contribution in [0.5, 0.6) is 11.5 Å². The molecule has 3 aromatic carbocycles. The molecule has 0 radical (unpaired) electrons. The second kappa shape index (κ2) is 11.1. The van der Waals surface area contributed by atoms with Gasteiger partial charge in [0.2, 0.25) is 0 Å². The van der Waals surface area contributed by atoms with Gasteiger partial charge in [0.15, 0.2) is 5.96 Å². The van der Waals surface area contributed by atoms with Crippen LogP contribution in [0.4, 0.5) is 5.69 Å². The number of anilines is 1. The van der Waals surface area contributed by atoms with Gasteiger partial charge in [-0.05, 0) is 34.9 Å². The topological polar surface area (TPSA) is 92.7 Å². The number of benzene rings is 3. The van der Waals surface area contributed by atoms with E-state index in [1.165, 1.54) is 0 Å². The molecule has 3 rings (SSSR count). The number of ether oxygens (including phenoxy) is 2. The fraction of sp³-hybridized carbons (Fsp3) is 0.130. The molecule has 0 heterocycles. The molecule has 0 amide bonds. The molecule has 0 fully saturated rings. The zero-order valence-corrected chi connectivity index (χ0v) is 19.1. The van der Waals surface area contributed by atoms with Gasteiger partial charge in [0, 0.05) is 6.07 Å². The normalized spacial score (nSPS) is 10.5. The number of halogens is 1. The van der Waals surface area contributed by atoms with Crippen molar-refractivity contribution in [3.05, 3.63) is 77.9 Å². The van der Waals surface area contributed by atoms with E-state index in [9.17, 15) is 5.26 Å². The number of methoxy groups -OCH3 is 2. The zero-order chi connectivity index (χ0) is 20.6. The third-order valence-electron chi connectivity index (χ3n) is 4.41. The maximum absolute atomic E-state index is 9.27. The standard InChI is InChI=1S/C23H22N4O2.HI/c1-28-19-11-12-22(29-2)21(13-19)27-23(25)26-15-16-7-9-17(10-8-16)20-6-4-3-5-18(20)14-24;/h3-13H,15H2,1-2H3,(H3,25,26,27);1H. The smallest absolute Gasteiger partial charge is 0.193 e. The van der Waals surface area contributed by atoms with E-state index in [4.69, 9.17) is 15.2 Å². The number of hydrogen-bond donors (Lipinski definition) is 2. The summed E-state index contributed by atoms with van der Waals surface area (Å²) in [6.07, 6.45) is 0. The van der Waals surface area contributed by atoms with Crippen molar-refractivity contribution in [3.8, 4) is 28.7 Å². The molecule has 3 aromatic rings. The molecule has 3 N–H and O–H groups in total. The molecule has 7 heteroatoms.